The Bertz CT molecular complexity index is 921. The molecule has 3 heterocycles. The zero-order valence-corrected chi connectivity index (χ0v) is 19.2. The van der Waals surface area contributed by atoms with Gasteiger partial charge in [0.1, 0.15) is 0 Å². The Labute approximate surface area is 187 Å². The molecule has 1 atom stereocenters. The minimum Gasteiger partial charge on any atom is -0.378 e. The summed E-state index contributed by atoms with van der Waals surface area (Å²) in [5.74, 6) is 0.199. The molecule has 8 heteroatoms. The van der Waals surface area contributed by atoms with Gasteiger partial charge in [-0.15, -0.1) is 11.3 Å². The van der Waals surface area contributed by atoms with E-state index in [0.29, 0.717) is 46.0 Å². The Balaban J connectivity index is 1.60. The normalized spacial score (nSPS) is 20.2. The van der Waals surface area contributed by atoms with Crippen LogP contribution in [0.25, 0.3) is 10.1 Å². The quantitative estimate of drug-likeness (QED) is 0.684. The van der Waals surface area contributed by atoms with Crippen LogP contribution in [-0.2, 0) is 14.3 Å². The molecule has 31 heavy (non-hydrogen) atoms. The number of likely N-dealkylation sites (N-methyl/N-ethyl adjacent to an activating group) is 1. The van der Waals surface area contributed by atoms with E-state index in [2.05, 4.69) is 17.0 Å². The number of ether oxygens (including phenoxy) is 2. The summed E-state index contributed by atoms with van der Waals surface area (Å²) in [5, 5.41) is 1.08. The van der Waals surface area contributed by atoms with E-state index in [1.807, 2.05) is 35.8 Å². The molecule has 2 saturated heterocycles. The maximum Gasteiger partial charge on any atom is 0.264 e. The SMILES string of the molecule is CCN(CC)C(=O)CN1CCO[C@@H](c2c(C(=O)N3CCOCC3)sc3ccccc23)C1. The molecule has 2 aliphatic heterocycles. The smallest absolute Gasteiger partial charge is 0.264 e. The number of amides is 2. The Morgan fingerprint density at radius 3 is 2.58 bits per heavy atom. The number of carbonyl (C=O) groups excluding carboxylic acids is 2. The van der Waals surface area contributed by atoms with E-state index in [0.717, 1.165) is 40.2 Å². The topological polar surface area (TPSA) is 62.3 Å². The standard InChI is InChI=1S/C23H31N3O4S/c1-3-25(4-2)20(27)16-24-9-14-30-18(15-24)21-17-7-5-6-8-19(17)31-22(21)23(28)26-10-12-29-13-11-26/h5-8,18H,3-4,9-16H2,1-2H3/t18-/m1/s1. The zero-order chi connectivity index (χ0) is 21.8. The number of rotatable bonds is 6. The highest BCUT2D eigenvalue weighted by Crippen LogP contribution is 2.39. The van der Waals surface area contributed by atoms with Gasteiger partial charge in [0.05, 0.1) is 37.3 Å². The first kappa shape index (κ1) is 22.2. The molecule has 0 spiro atoms. The van der Waals surface area contributed by atoms with E-state index >= 15 is 0 Å². The summed E-state index contributed by atoms with van der Waals surface area (Å²) in [6.45, 7) is 10.1. The molecule has 2 amide bonds. The summed E-state index contributed by atoms with van der Waals surface area (Å²) in [5.41, 5.74) is 0.970. The minimum atomic E-state index is -0.227. The second-order valence-corrected chi connectivity index (χ2v) is 8.96. The molecular formula is C23H31N3O4S. The van der Waals surface area contributed by atoms with E-state index in [9.17, 15) is 9.59 Å². The van der Waals surface area contributed by atoms with Crippen LogP contribution in [0.4, 0.5) is 0 Å². The van der Waals surface area contributed by atoms with Crippen LogP contribution < -0.4 is 0 Å². The van der Waals surface area contributed by atoms with Gasteiger partial charge in [-0.1, -0.05) is 18.2 Å². The van der Waals surface area contributed by atoms with Crippen molar-refractivity contribution in [1.29, 1.82) is 0 Å². The van der Waals surface area contributed by atoms with Crippen LogP contribution in [0.3, 0.4) is 0 Å². The lowest BCUT2D eigenvalue weighted by molar-refractivity contribution is -0.134. The van der Waals surface area contributed by atoms with Gasteiger partial charge in [0.2, 0.25) is 5.91 Å². The van der Waals surface area contributed by atoms with Gasteiger partial charge in [-0.2, -0.15) is 0 Å². The van der Waals surface area contributed by atoms with Crippen LogP contribution in [0, 0.1) is 0 Å². The van der Waals surface area contributed by atoms with E-state index in [1.165, 1.54) is 0 Å². The van der Waals surface area contributed by atoms with Gasteiger partial charge in [-0.25, -0.2) is 0 Å². The maximum atomic E-state index is 13.4. The van der Waals surface area contributed by atoms with Crippen molar-refractivity contribution in [3.05, 3.63) is 34.7 Å². The summed E-state index contributed by atoms with van der Waals surface area (Å²) in [6.07, 6.45) is -0.227. The van der Waals surface area contributed by atoms with Crippen LogP contribution in [0.15, 0.2) is 24.3 Å². The van der Waals surface area contributed by atoms with E-state index in [4.69, 9.17) is 9.47 Å². The molecule has 1 aromatic heterocycles. The lowest BCUT2D eigenvalue weighted by Gasteiger charge is -2.34. The summed E-state index contributed by atoms with van der Waals surface area (Å²) < 4.78 is 12.7. The Kier molecular flexibility index (Phi) is 7.22. The predicted molar refractivity (Wildman–Crippen MR) is 122 cm³/mol. The minimum absolute atomic E-state index is 0.0550. The van der Waals surface area contributed by atoms with Crippen molar-refractivity contribution >= 4 is 33.2 Å². The lowest BCUT2D eigenvalue weighted by Crippen LogP contribution is -2.46. The van der Waals surface area contributed by atoms with Gasteiger partial charge in [-0.05, 0) is 25.3 Å². The zero-order valence-electron chi connectivity index (χ0n) is 18.3. The number of hydrogen-bond acceptors (Lipinski definition) is 6. The molecular weight excluding hydrogens is 414 g/mol. The highest BCUT2D eigenvalue weighted by Gasteiger charge is 2.32. The Morgan fingerprint density at radius 2 is 1.84 bits per heavy atom. The largest absolute Gasteiger partial charge is 0.378 e. The maximum absolute atomic E-state index is 13.4. The van der Waals surface area contributed by atoms with E-state index in [-0.39, 0.29) is 17.9 Å². The first-order valence-corrected chi connectivity index (χ1v) is 11.9. The lowest BCUT2D eigenvalue weighted by atomic mass is 10.0. The Morgan fingerprint density at radius 1 is 1.10 bits per heavy atom. The third-order valence-corrected chi connectivity index (χ3v) is 7.25. The summed E-state index contributed by atoms with van der Waals surface area (Å²) in [4.78, 5) is 32.7. The molecule has 0 saturated carbocycles. The third kappa shape index (κ3) is 4.77. The molecule has 0 unspecified atom stereocenters. The van der Waals surface area contributed by atoms with Crippen molar-refractivity contribution < 1.29 is 19.1 Å². The average Bonchev–Trinajstić information content (AvgIpc) is 3.20. The van der Waals surface area contributed by atoms with Gasteiger partial charge in [-0.3, -0.25) is 14.5 Å². The van der Waals surface area contributed by atoms with E-state index < -0.39 is 0 Å². The van der Waals surface area contributed by atoms with Crippen LogP contribution in [0.5, 0.6) is 0 Å². The van der Waals surface area contributed by atoms with Crippen LogP contribution in [0.2, 0.25) is 0 Å². The van der Waals surface area contributed by atoms with Crippen molar-refractivity contribution in [3.8, 4) is 0 Å². The van der Waals surface area contributed by atoms with Crippen molar-refractivity contribution in [1.82, 2.24) is 14.7 Å². The molecule has 2 aromatic rings. The number of carbonyl (C=O) groups is 2. The summed E-state index contributed by atoms with van der Waals surface area (Å²) in [7, 11) is 0. The third-order valence-electron chi connectivity index (χ3n) is 6.07. The molecule has 0 aliphatic carbocycles. The number of nitrogens with zero attached hydrogens (tertiary/aromatic N) is 3. The molecule has 0 N–H and O–H groups in total. The monoisotopic (exact) mass is 445 g/mol. The fourth-order valence-corrected chi connectivity index (χ4v) is 5.56. The second-order valence-electron chi connectivity index (χ2n) is 7.91. The highest BCUT2D eigenvalue weighted by molar-refractivity contribution is 7.21. The molecule has 1 aromatic carbocycles. The van der Waals surface area contributed by atoms with Gasteiger partial charge in [0.25, 0.3) is 5.91 Å². The van der Waals surface area contributed by atoms with E-state index in [1.54, 1.807) is 11.3 Å². The average molecular weight is 446 g/mol. The molecule has 0 bridgehead atoms. The van der Waals surface area contributed by atoms with Crippen molar-refractivity contribution in [3.63, 3.8) is 0 Å². The number of benzene rings is 1. The van der Waals surface area contributed by atoms with Gasteiger partial charge in [0.15, 0.2) is 0 Å². The fraction of sp³-hybridized carbons (Fsp3) is 0.565. The first-order chi connectivity index (χ1) is 15.1. The van der Waals surface area contributed by atoms with Crippen LogP contribution in [-0.4, -0.2) is 92.1 Å². The molecule has 0 radical (unpaired) electrons. The van der Waals surface area contributed by atoms with Crippen molar-refractivity contribution in [2.45, 2.75) is 20.0 Å². The van der Waals surface area contributed by atoms with Crippen molar-refractivity contribution in [2.75, 3.05) is 65.6 Å². The fourth-order valence-electron chi connectivity index (χ4n) is 4.34. The molecule has 4 rings (SSSR count). The second kappa shape index (κ2) is 10.1. The molecule has 7 nitrogen and oxygen atoms in total. The number of fused-ring (bicyclic) bond motifs is 1. The highest BCUT2D eigenvalue weighted by atomic mass is 32.1. The molecule has 2 aliphatic rings. The molecule has 168 valence electrons. The first-order valence-electron chi connectivity index (χ1n) is 11.1. The number of morpholine rings is 2. The van der Waals surface area contributed by atoms with Gasteiger partial charge in [0, 0.05) is 49.5 Å². The molecule has 2 fully saturated rings. The van der Waals surface area contributed by atoms with Crippen LogP contribution >= 0.6 is 11.3 Å². The van der Waals surface area contributed by atoms with Gasteiger partial charge < -0.3 is 19.3 Å². The number of thiophene rings is 1. The van der Waals surface area contributed by atoms with Crippen LogP contribution in [0.1, 0.15) is 35.2 Å². The summed E-state index contributed by atoms with van der Waals surface area (Å²) >= 11 is 1.54. The predicted octanol–water partition coefficient (Wildman–Crippen LogP) is 2.62. The van der Waals surface area contributed by atoms with Gasteiger partial charge >= 0.3 is 0 Å². The Hall–Kier alpha value is -2.00. The summed E-state index contributed by atoms with van der Waals surface area (Å²) in [6, 6.07) is 8.14. The number of hydrogen-bond donors (Lipinski definition) is 0. The van der Waals surface area contributed by atoms with Crippen molar-refractivity contribution in [2.24, 2.45) is 0 Å².